The smallest absolute Gasteiger partial charge is 0.265 e. The zero-order chi connectivity index (χ0) is 38.8. The average Bonchev–Trinajstić information content (AvgIpc) is 3.67. The van der Waals surface area contributed by atoms with E-state index in [4.69, 9.17) is 4.74 Å². The number of aromatic nitrogens is 2. The Morgan fingerprint density at radius 1 is 0.857 bits per heavy atom. The van der Waals surface area contributed by atoms with Gasteiger partial charge in [0.1, 0.15) is 35.7 Å². The number of hydrogen-bond acceptors (Lipinski definition) is 8. The predicted molar refractivity (Wildman–Crippen MR) is 211 cm³/mol. The fraction of sp³-hybridized carbons (Fsp3) is 0.341. The normalized spacial score (nSPS) is 18.9. The highest BCUT2D eigenvalue weighted by Crippen LogP contribution is 2.35. The number of piperazine rings is 1. The van der Waals surface area contributed by atoms with Gasteiger partial charge in [0.25, 0.3) is 5.56 Å². The molecule has 2 unspecified atom stereocenters. The molecule has 4 aromatic carbocycles. The van der Waals surface area contributed by atoms with Gasteiger partial charge in [0.2, 0.25) is 0 Å². The van der Waals surface area contributed by atoms with E-state index in [0.717, 1.165) is 70.4 Å². The number of piperidine rings is 1. The van der Waals surface area contributed by atoms with Crippen molar-refractivity contribution in [3.05, 3.63) is 113 Å². The van der Waals surface area contributed by atoms with E-state index in [0.29, 0.717) is 22.8 Å². The van der Waals surface area contributed by atoms with E-state index in [-0.39, 0.29) is 53.3 Å². The van der Waals surface area contributed by atoms with E-state index in [2.05, 4.69) is 24.4 Å². The number of nitriles is 1. The number of ether oxygens (including phenoxy) is 1. The highest BCUT2D eigenvalue weighted by atomic mass is 32.2. The van der Waals surface area contributed by atoms with Gasteiger partial charge in [-0.05, 0) is 91.9 Å². The summed E-state index contributed by atoms with van der Waals surface area (Å²) in [5.41, 5.74) is 2.28. The SMILES string of the molecule is N#Cc1c(NS(=O)N2CCC(F)C2)ccc(F)c1Oc1ccc2ncn(-c3ccc(N4CCN(CC5CCN(c6ccccc6F)CC5)CC4)cc3)c(=O)c2c1. The van der Waals surface area contributed by atoms with Gasteiger partial charge < -0.3 is 14.5 Å². The van der Waals surface area contributed by atoms with Crippen LogP contribution in [0, 0.1) is 28.9 Å². The number of alkyl halides is 1. The predicted octanol–water partition coefficient (Wildman–Crippen LogP) is 6.40. The minimum atomic E-state index is -1.85. The molecule has 2 atom stereocenters. The van der Waals surface area contributed by atoms with Crippen LogP contribution in [0.15, 0.2) is 90.0 Å². The Kier molecular flexibility index (Phi) is 10.9. The maximum atomic E-state index is 15.1. The minimum Gasteiger partial charge on any atom is -0.453 e. The van der Waals surface area contributed by atoms with Crippen molar-refractivity contribution in [2.75, 3.05) is 73.4 Å². The number of para-hydroxylation sites is 1. The molecule has 11 nitrogen and oxygen atoms in total. The molecule has 0 spiro atoms. The van der Waals surface area contributed by atoms with Crippen LogP contribution in [0.4, 0.5) is 30.2 Å². The molecule has 5 aromatic rings. The third-order valence-corrected chi connectivity index (χ3v) is 12.1. The fourth-order valence-corrected chi connectivity index (χ4v) is 8.81. The number of benzene rings is 4. The number of nitrogens with one attached hydrogen (secondary N) is 1. The average molecular weight is 783 g/mol. The molecule has 0 bridgehead atoms. The van der Waals surface area contributed by atoms with Crippen molar-refractivity contribution in [3.63, 3.8) is 0 Å². The molecule has 8 rings (SSSR count). The van der Waals surface area contributed by atoms with Gasteiger partial charge in [0.05, 0.1) is 28.0 Å². The Bertz CT molecular complexity index is 2340. The lowest BCUT2D eigenvalue weighted by molar-refractivity contribution is 0.201. The Hall–Kier alpha value is -5.43. The molecule has 56 heavy (non-hydrogen) atoms. The van der Waals surface area contributed by atoms with Crippen LogP contribution < -0.4 is 24.8 Å². The van der Waals surface area contributed by atoms with Gasteiger partial charge in [-0.2, -0.15) is 5.26 Å². The van der Waals surface area contributed by atoms with Gasteiger partial charge in [0, 0.05) is 64.6 Å². The minimum absolute atomic E-state index is 0.0148. The lowest BCUT2D eigenvalue weighted by Crippen LogP contribution is -2.49. The standard InChI is InChI=1S/C41H41F3N8O3S/c42-29-15-18-51(26-29)56(54)47-38-12-10-36(44)40(34(38)24-45)55-32-9-11-37-33(23-32)41(53)52(27-46-37)31-7-5-30(6-8-31)49-21-19-48(20-22-49)25-28-13-16-50(17-14-28)39-4-2-1-3-35(39)43/h1-12,23,27-29,47H,13-22,25-26H2. The van der Waals surface area contributed by atoms with Gasteiger partial charge in [-0.15, -0.1) is 0 Å². The van der Waals surface area contributed by atoms with E-state index in [9.17, 15) is 23.0 Å². The highest BCUT2D eigenvalue weighted by Gasteiger charge is 2.28. The molecule has 3 saturated heterocycles. The third kappa shape index (κ3) is 7.95. The first kappa shape index (κ1) is 37.5. The Morgan fingerprint density at radius 3 is 2.32 bits per heavy atom. The van der Waals surface area contributed by atoms with E-state index >= 15 is 4.39 Å². The van der Waals surface area contributed by atoms with Crippen molar-refractivity contribution >= 4 is 39.1 Å². The zero-order valence-corrected chi connectivity index (χ0v) is 31.4. The summed E-state index contributed by atoms with van der Waals surface area (Å²) in [6.07, 6.45) is 2.72. The summed E-state index contributed by atoms with van der Waals surface area (Å²) in [6, 6.07) is 23.6. The molecule has 3 aliphatic heterocycles. The van der Waals surface area contributed by atoms with E-state index in [1.54, 1.807) is 12.1 Å². The van der Waals surface area contributed by atoms with Crippen LogP contribution in [-0.4, -0.2) is 88.0 Å². The van der Waals surface area contributed by atoms with Gasteiger partial charge in [-0.3, -0.25) is 19.0 Å². The molecular weight excluding hydrogens is 742 g/mol. The van der Waals surface area contributed by atoms with E-state index in [1.165, 1.54) is 39.5 Å². The van der Waals surface area contributed by atoms with Crippen LogP contribution in [0.1, 0.15) is 24.8 Å². The van der Waals surface area contributed by atoms with E-state index < -0.39 is 28.9 Å². The summed E-state index contributed by atoms with van der Waals surface area (Å²) < 4.78 is 67.2. The van der Waals surface area contributed by atoms with Crippen molar-refractivity contribution in [2.45, 2.75) is 25.4 Å². The molecule has 0 saturated carbocycles. The lowest BCUT2D eigenvalue weighted by Gasteiger charge is -2.40. The van der Waals surface area contributed by atoms with E-state index in [1.807, 2.05) is 42.5 Å². The number of rotatable bonds is 10. The molecule has 0 amide bonds. The van der Waals surface area contributed by atoms with Crippen LogP contribution in [0.5, 0.6) is 11.5 Å². The maximum absolute atomic E-state index is 15.1. The zero-order valence-electron chi connectivity index (χ0n) is 30.6. The first-order chi connectivity index (χ1) is 27.2. The fourth-order valence-electron chi connectivity index (χ4n) is 7.76. The second-order valence-corrected chi connectivity index (χ2v) is 15.6. The van der Waals surface area contributed by atoms with Crippen molar-refractivity contribution in [3.8, 4) is 23.3 Å². The monoisotopic (exact) mass is 782 g/mol. The van der Waals surface area contributed by atoms with Crippen LogP contribution >= 0.6 is 0 Å². The molecule has 3 aliphatic rings. The van der Waals surface area contributed by atoms with Gasteiger partial charge in [-0.25, -0.2) is 26.7 Å². The maximum Gasteiger partial charge on any atom is 0.265 e. The van der Waals surface area contributed by atoms with Crippen molar-refractivity contribution in [1.29, 1.82) is 5.26 Å². The number of nitrogens with zero attached hydrogens (tertiary/aromatic N) is 7. The Balaban J connectivity index is 0.905. The summed E-state index contributed by atoms with van der Waals surface area (Å²) >= 11 is -1.85. The van der Waals surface area contributed by atoms with Crippen LogP contribution in [0.3, 0.4) is 0 Å². The quantitative estimate of drug-likeness (QED) is 0.174. The summed E-state index contributed by atoms with van der Waals surface area (Å²) in [7, 11) is 0. The first-order valence-corrected chi connectivity index (χ1v) is 19.9. The first-order valence-electron chi connectivity index (χ1n) is 18.8. The molecule has 0 aliphatic carbocycles. The molecule has 1 N–H and O–H groups in total. The van der Waals surface area contributed by atoms with Crippen LogP contribution in [0.25, 0.3) is 16.6 Å². The van der Waals surface area contributed by atoms with Gasteiger partial charge >= 0.3 is 0 Å². The highest BCUT2D eigenvalue weighted by molar-refractivity contribution is 7.84. The Labute approximate surface area is 325 Å². The largest absolute Gasteiger partial charge is 0.453 e. The summed E-state index contributed by atoms with van der Waals surface area (Å²) in [5, 5.41) is 10.2. The third-order valence-electron chi connectivity index (χ3n) is 10.9. The number of halogens is 3. The molecular formula is C41H41F3N8O3S. The number of hydrogen-bond donors (Lipinski definition) is 1. The Morgan fingerprint density at radius 2 is 1.61 bits per heavy atom. The second-order valence-electron chi connectivity index (χ2n) is 14.4. The topological polar surface area (TPSA) is 110 Å². The van der Waals surface area contributed by atoms with Crippen molar-refractivity contribution < 1.29 is 22.1 Å². The van der Waals surface area contributed by atoms with Crippen molar-refractivity contribution in [2.24, 2.45) is 5.92 Å². The van der Waals surface area contributed by atoms with Crippen molar-refractivity contribution in [1.82, 2.24) is 18.8 Å². The molecule has 290 valence electrons. The summed E-state index contributed by atoms with van der Waals surface area (Å²) in [5.74, 6) is -0.691. The van der Waals surface area contributed by atoms with Gasteiger partial charge in [0.15, 0.2) is 22.7 Å². The molecule has 1 aromatic heterocycles. The van der Waals surface area contributed by atoms with Gasteiger partial charge in [-0.1, -0.05) is 12.1 Å². The van der Waals surface area contributed by atoms with Crippen LogP contribution in [-0.2, 0) is 11.2 Å². The number of fused-ring (bicyclic) bond motifs is 1. The molecule has 3 fully saturated rings. The molecule has 4 heterocycles. The number of anilines is 3. The molecule has 15 heteroatoms. The second kappa shape index (κ2) is 16.4. The van der Waals surface area contributed by atoms with Crippen LogP contribution in [0.2, 0.25) is 0 Å². The summed E-state index contributed by atoms with van der Waals surface area (Å²) in [6.45, 7) is 6.72. The molecule has 0 radical (unpaired) electrons. The lowest BCUT2D eigenvalue weighted by atomic mass is 9.95. The summed E-state index contributed by atoms with van der Waals surface area (Å²) in [4.78, 5) is 25.3.